The third-order valence-corrected chi connectivity index (χ3v) is 5.56. The van der Waals surface area contributed by atoms with Crippen molar-refractivity contribution in [2.45, 2.75) is 12.8 Å². The molecule has 27 heavy (non-hydrogen) atoms. The van der Waals surface area contributed by atoms with Gasteiger partial charge in [0.15, 0.2) is 0 Å². The summed E-state index contributed by atoms with van der Waals surface area (Å²) in [6.07, 6.45) is 0.838. The second-order valence-electron chi connectivity index (χ2n) is 6.27. The lowest BCUT2D eigenvalue weighted by Gasteiger charge is -2.32. The minimum Gasteiger partial charge on any atom is -0.508 e. The Bertz CT molecular complexity index is 1050. The molecule has 0 saturated carbocycles. The van der Waals surface area contributed by atoms with Crippen molar-refractivity contribution >= 4 is 52.1 Å². The minimum absolute atomic E-state index is 0.0338. The van der Waals surface area contributed by atoms with Gasteiger partial charge in [-0.05, 0) is 41.8 Å². The maximum atomic E-state index is 12.8. The van der Waals surface area contributed by atoms with Crippen LogP contribution in [0.15, 0.2) is 54.6 Å². The molecule has 3 nitrogen and oxygen atoms in total. The molecule has 1 aliphatic rings. The molecule has 0 atom stereocenters. The van der Waals surface area contributed by atoms with Crippen LogP contribution in [0.3, 0.4) is 0 Å². The lowest BCUT2D eigenvalue weighted by Crippen LogP contribution is -2.31. The van der Waals surface area contributed by atoms with E-state index in [0.717, 1.165) is 16.7 Å². The smallest absolute Gasteiger partial charge is 0.231 e. The lowest BCUT2D eigenvalue weighted by atomic mass is 9.91. The first-order chi connectivity index (χ1) is 13.0. The largest absolute Gasteiger partial charge is 0.508 e. The number of anilines is 2. The van der Waals surface area contributed by atoms with E-state index in [1.165, 1.54) is 4.90 Å². The van der Waals surface area contributed by atoms with E-state index in [4.69, 9.17) is 34.8 Å². The average Bonchev–Trinajstić information content (AvgIpc) is 2.63. The summed E-state index contributed by atoms with van der Waals surface area (Å²) in [5, 5.41) is 11.7. The monoisotopic (exact) mass is 417 g/mol. The molecule has 0 aliphatic carbocycles. The second kappa shape index (κ2) is 7.08. The summed E-state index contributed by atoms with van der Waals surface area (Å²) in [5.74, 6) is -0.0974. The van der Waals surface area contributed by atoms with E-state index in [2.05, 4.69) is 0 Å². The highest BCUT2D eigenvalue weighted by molar-refractivity contribution is 6.40. The number of fused-ring (bicyclic) bond motifs is 1. The van der Waals surface area contributed by atoms with Crippen molar-refractivity contribution in [3.8, 4) is 16.9 Å². The molecule has 3 aromatic carbocycles. The fourth-order valence-corrected chi connectivity index (χ4v) is 4.25. The number of aromatic hydroxyl groups is 1. The maximum absolute atomic E-state index is 12.8. The molecule has 0 aromatic heterocycles. The Morgan fingerprint density at radius 1 is 0.815 bits per heavy atom. The Hall–Kier alpha value is -2.20. The van der Waals surface area contributed by atoms with Gasteiger partial charge >= 0.3 is 0 Å². The van der Waals surface area contributed by atoms with Gasteiger partial charge in [0.05, 0.1) is 21.4 Å². The number of carbonyl (C=O) groups excluding carboxylic acids is 1. The summed E-state index contributed by atoms with van der Waals surface area (Å²) in [4.78, 5) is 14.3. The van der Waals surface area contributed by atoms with Gasteiger partial charge in [-0.25, -0.2) is 0 Å². The summed E-state index contributed by atoms with van der Waals surface area (Å²) in [6.45, 7) is 0. The van der Waals surface area contributed by atoms with Gasteiger partial charge in [-0.1, -0.05) is 59.1 Å². The van der Waals surface area contributed by atoms with Crippen LogP contribution in [-0.2, 0) is 11.2 Å². The molecule has 1 N–H and O–H groups in total. The molecule has 6 heteroatoms. The lowest BCUT2D eigenvalue weighted by molar-refractivity contribution is -0.118. The van der Waals surface area contributed by atoms with E-state index in [-0.39, 0.29) is 11.7 Å². The number of hydrogen-bond donors (Lipinski definition) is 1. The molecule has 136 valence electrons. The van der Waals surface area contributed by atoms with Crippen molar-refractivity contribution in [3.63, 3.8) is 0 Å². The van der Waals surface area contributed by atoms with E-state index < -0.39 is 0 Å². The Labute approximate surface area is 171 Å². The number of para-hydroxylation sites is 1. The quantitative estimate of drug-likeness (QED) is 0.507. The van der Waals surface area contributed by atoms with Gasteiger partial charge in [-0.3, -0.25) is 9.69 Å². The fourth-order valence-electron chi connectivity index (χ4n) is 3.45. The van der Waals surface area contributed by atoms with Crippen LogP contribution in [0.5, 0.6) is 5.75 Å². The summed E-state index contributed by atoms with van der Waals surface area (Å²) < 4.78 is 0. The van der Waals surface area contributed by atoms with E-state index in [1.807, 2.05) is 18.2 Å². The van der Waals surface area contributed by atoms with Gasteiger partial charge in [0.2, 0.25) is 5.91 Å². The van der Waals surface area contributed by atoms with Crippen molar-refractivity contribution in [2.24, 2.45) is 0 Å². The topological polar surface area (TPSA) is 40.5 Å². The number of phenols is 1. The van der Waals surface area contributed by atoms with Gasteiger partial charge in [-0.15, -0.1) is 0 Å². The van der Waals surface area contributed by atoms with E-state index in [0.29, 0.717) is 39.3 Å². The molecule has 0 bridgehead atoms. The summed E-state index contributed by atoms with van der Waals surface area (Å²) in [5.41, 5.74) is 3.48. The van der Waals surface area contributed by atoms with Gasteiger partial charge in [0.25, 0.3) is 0 Å². The second-order valence-corrected chi connectivity index (χ2v) is 7.49. The Kier molecular flexibility index (Phi) is 4.77. The molecule has 0 unspecified atom stereocenters. The molecule has 0 spiro atoms. The normalized spacial score (nSPS) is 13.6. The molecule has 0 radical (unpaired) electrons. The van der Waals surface area contributed by atoms with E-state index >= 15 is 0 Å². The van der Waals surface area contributed by atoms with Gasteiger partial charge in [0, 0.05) is 23.1 Å². The average molecular weight is 419 g/mol. The van der Waals surface area contributed by atoms with Crippen LogP contribution in [0.25, 0.3) is 11.1 Å². The maximum Gasteiger partial charge on any atom is 0.231 e. The van der Waals surface area contributed by atoms with Crippen molar-refractivity contribution < 1.29 is 9.90 Å². The number of phenolic OH excluding ortho intramolecular Hbond substituents is 1. The van der Waals surface area contributed by atoms with Crippen molar-refractivity contribution in [2.75, 3.05) is 4.90 Å². The fraction of sp³-hybridized carbons (Fsp3) is 0.0952. The number of hydrogen-bond acceptors (Lipinski definition) is 2. The zero-order valence-corrected chi connectivity index (χ0v) is 16.3. The highest BCUT2D eigenvalue weighted by Gasteiger charge is 2.31. The van der Waals surface area contributed by atoms with Crippen molar-refractivity contribution in [3.05, 3.63) is 75.2 Å². The molecule has 1 heterocycles. The first kappa shape index (κ1) is 18.2. The predicted molar refractivity (Wildman–Crippen MR) is 110 cm³/mol. The Morgan fingerprint density at radius 3 is 2.19 bits per heavy atom. The number of benzene rings is 3. The Morgan fingerprint density at radius 2 is 1.48 bits per heavy atom. The van der Waals surface area contributed by atoms with Gasteiger partial charge < -0.3 is 5.11 Å². The third-order valence-electron chi connectivity index (χ3n) is 4.62. The first-order valence-electron chi connectivity index (χ1n) is 8.35. The SMILES string of the molecule is O=C1CCc2c(-c3ccccc3Cl)cc(O)cc2N1c1c(Cl)cccc1Cl. The summed E-state index contributed by atoms with van der Waals surface area (Å²) in [7, 11) is 0. The van der Waals surface area contributed by atoms with Crippen LogP contribution in [-0.4, -0.2) is 11.0 Å². The van der Waals surface area contributed by atoms with Crippen molar-refractivity contribution in [1.82, 2.24) is 0 Å². The van der Waals surface area contributed by atoms with E-state index in [9.17, 15) is 9.90 Å². The number of nitrogens with zero attached hydrogens (tertiary/aromatic N) is 1. The summed E-state index contributed by atoms with van der Waals surface area (Å²) >= 11 is 19.1. The molecule has 0 fully saturated rings. The molecule has 1 aliphatic heterocycles. The van der Waals surface area contributed by atoms with Crippen LogP contribution >= 0.6 is 34.8 Å². The molecular weight excluding hydrogens is 405 g/mol. The van der Waals surface area contributed by atoms with Crippen LogP contribution in [0.2, 0.25) is 15.1 Å². The highest BCUT2D eigenvalue weighted by atomic mass is 35.5. The van der Waals surface area contributed by atoms with Crippen LogP contribution in [0, 0.1) is 0 Å². The molecule has 1 amide bonds. The number of carbonyl (C=O) groups is 1. The number of rotatable bonds is 2. The zero-order valence-electron chi connectivity index (χ0n) is 14.0. The standard InChI is InChI=1S/C21H14Cl3NO2/c22-16-5-2-1-4-13(16)15-10-12(26)11-19-14(15)8-9-20(27)25(19)21-17(23)6-3-7-18(21)24/h1-7,10-11,26H,8-9H2. The van der Waals surface area contributed by atoms with Crippen LogP contribution in [0.4, 0.5) is 11.4 Å². The summed E-state index contributed by atoms with van der Waals surface area (Å²) in [6, 6.07) is 15.7. The van der Waals surface area contributed by atoms with Crippen LogP contribution < -0.4 is 4.90 Å². The van der Waals surface area contributed by atoms with Gasteiger partial charge in [0.1, 0.15) is 5.75 Å². The molecule has 0 saturated heterocycles. The molecular formula is C21H14Cl3NO2. The zero-order chi connectivity index (χ0) is 19.1. The molecule has 3 aromatic rings. The Balaban J connectivity index is 1.99. The van der Waals surface area contributed by atoms with Gasteiger partial charge in [-0.2, -0.15) is 0 Å². The van der Waals surface area contributed by atoms with Crippen LogP contribution in [0.1, 0.15) is 12.0 Å². The van der Waals surface area contributed by atoms with E-state index in [1.54, 1.807) is 36.4 Å². The molecule has 4 rings (SSSR count). The number of amides is 1. The number of halogens is 3. The first-order valence-corrected chi connectivity index (χ1v) is 9.48. The van der Waals surface area contributed by atoms with Crippen molar-refractivity contribution in [1.29, 1.82) is 0 Å². The minimum atomic E-state index is -0.131. The third kappa shape index (κ3) is 3.16. The predicted octanol–water partition coefficient (Wildman–Crippen LogP) is 6.63. The highest BCUT2D eigenvalue weighted by Crippen LogP contribution is 2.46.